The molecule has 156 valence electrons. The van der Waals surface area contributed by atoms with Crippen molar-refractivity contribution in [3.05, 3.63) is 102 Å². The van der Waals surface area contributed by atoms with Crippen molar-refractivity contribution in [3.8, 4) is 0 Å². The van der Waals surface area contributed by atoms with Crippen molar-refractivity contribution in [1.29, 1.82) is 0 Å². The predicted molar refractivity (Wildman–Crippen MR) is 138 cm³/mol. The van der Waals surface area contributed by atoms with E-state index in [0.717, 1.165) is 39.2 Å². The Morgan fingerprint density at radius 2 is 1.62 bits per heavy atom. The van der Waals surface area contributed by atoms with Crippen LogP contribution in [0.3, 0.4) is 0 Å². The fourth-order valence-electron chi connectivity index (χ4n) is 4.95. The molecule has 5 aromatic rings. The van der Waals surface area contributed by atoms with E-state index >= 15 is 0 Å². The van der Waals surface area contributed by atoms with E-state index in [0.29, 0.717) is 0 Å². The normalized spacial score (nSPS) is 14.3. The van der Waals surface area contributed by atoms with Crippen LogP contribution in [0.2, 0.25) is 19.6 Å². The van der Waals surface area contributed by atoms with Gasteiger partial charge in [-0.1, -0.05) is 73.4 Å². The molecule has 0 radical (unpaired) electrons. The van der Waals surface area contributed by atoms with Gasteiger partial charge in [0.2, 0.25) is 0 Å². The Morgan fingerprint density at radius 3 is 2.47 bits per heavy atom. The van der Waals surface area contributed by atoms with Gasteiger partial charge in [-0.05, 0) is 45.3 Å². The average molecular weight is 432 g/mol. The largest absolute Gasteiger partial charge is 0.286 e. The summed E-state index contributed by atoms with van der Waals surface area (Å²) in [6.07, 6.45) is 2.37. The van der Waals surface area contributed by atoms with E-state index in [1.54, 1.807) is 0 Å². The number of hydrogen-bond acceptors (Lipinski definition) is 0. The molecule has 4 aromatic carbocycles. The summed E-state index contributed by atoms with van der Waals surface area (Å²) in [6, 6.07) is 28.9. The van der Waals surface area contributed by atoms with Gasteiger partial charge in [0.25, 0.3) is 11.2 Å². The molecule has 0 N–H and O–H groups in total. The number of furan rings is 1. The Kier molecular flexibility index (Phi) is 4.02. The summed E-state index contributed by atoms with van der Waals surface area (Å²) >= 11 is 0. The molecule has 1 aliphatic rings. The Morgan fingerprint density at radius 1 is 0.844 bits per heavy atom. The Balaban J connectivity index is 1.65. The first kappa shape index (κ1) is 19.1. The molecular weight excluding hydrogens is 406 g/mol. The number of benzene rings is 4. The molecule has 6 rings (SSSR count). The van der Waals surface area contributed by atoms with Crippen LogP contribution < -0.4 is 0 Å². The third-order valence-corrected chi connectivity index (χ3v) is 8.54. The van der Waals surface area contributed by atoms with Gasteiger partial charge in [-0.25, -0.2) is 4.58 Å². The monoisotopic (exact) mass is 431 g/mol. The lowest BCUT2D eigenvalue weighted by Gasteiger charge is -2.33. The Hall–Kier alpha value is -3.56. The number of para-hydroxylation sites is 2. The summed E-state index contributed by atoms with van der Waals surface area (Å²) in [4.78, 5) is 0. The Labute approximate surface area is 189 Å². The minimum absolute atomic E-state index is 0.919. The summed E-state index contributed by atoms with van der Waals surface area (Å²) in [5.74, 6) is 0. The van der Waals surface area contributed by atoms with Gasteiger partial charge in [0.05, 0.1) is 12.3 Å². The van der Waals surface area contributed by atoms with Crippen molar-refractivity contribution in [2.75, 3.05) is 0 Å². The highest BCUT2D eigenvalue weighted by Gasteiger charge is 2.34. The van der Waals surface area contributed by atoms with Crippen LogP contribution in [0, 0.1) is 6.04 Å². The molecule has 3 heteroatoms. The summed E-state index contributed by atoms with van der Waals surface area (Å²) in [7, 11) is -1.67. The fourth-order valence-corrected chi connectivity index (χ4v) is 6.53. The molecule has 1 aliphatic heterocycles. The van der Waals surface area contributed by atoms with Gasteiger partial charge in [-0.3, -0.25) is 4.42 Å². The van der Waals surface area contributed by atoms with Crippen LogP contribution >= 0.6 is 0 Å². The molecular formula is C29H25NOSi. The van der Waals surface area contributed by atoms with Crippen molar-refractivity contribution in [1.82, 2.24) is 0 Å². The van der Waals surface area contributed by atoms with Gasteiger partial charge >= 0.3 is 0 Å². The van der Waals surface area contributed by atoms with Gasteiger partial charge in [0.15, 0.2) is 11.7 Å². The molecule has 0 saturated heterocycles. The molecule has 1 aromatic heterocycles. The fraction of sp³-hybridized carbons (Fsp3) is 0.103. The van der Waals surface area contributed by atoms with E-state index in [1.165, 1.54) is 21.5 Å². The summed E-state index contributed by atoms with van der Waals surface area (Å²) < 4.78 is 8.46. The topological polar surface area (TPSA) is 14.3 Å². The van der Waals surface area contributed by atoms with Crippen LogP contribution in [-0.4, -0.2) is 19.4 Å². The average Bonchev–Trinajstić information content (AvgIpc) is 3.17. The molecule has 0 bridgehead atoms. The zero-order valence-electron chi connectivity index (χ0n) is 18.6. The van der Waals surface area contributed by atoms with Gasteiger partial charge in [-0.2, -0.15) is 0 Å². The molecule has 2 heterocycles. The molecule has 0 saturated carbocycles. The quantitative estimate of drug-likeness (QED) is 0.120. The van der Waals surface area contributed by atoms with Crippen molar-refractivity contribution in [2.45, 2.75) is 19.6 Å². The first-order chi connectivity index (χ1) is 15.4. The standard InChI is InChI=1S/C29H25NOSi/c1-30-24-17-16-19-10-5-6-11-20(19)28(24)27(32(2,3)4)18-25(30)23-14-9-13-22-21-12-7-8-15-26(21)31-29(22)23/h5-18H,1H2,2-4H3. The van der Waals surface area contributed by atoms with Crippen LogP contribution in [0.15, 0.2) is 89.4 Å². The molecule has 0 spiro atoms. The molecule has 0 unspecified atom stereocenters. The van der Waals surface area contributed by atoms with Crippen molar-refractivity contribution >= 4 is 58.4 Å². The predicted octanol–water partition coefficient (Wildman–Crippen LogP) is 7.94. The van der Waals surface area contributed by atoms with Crippen molar-refractivity contribution < 1.29 is 8.99 Å². The van der Waals surface area contributed by atoms with E-state index in [9.17, 15) is 0 Å². The highest BCUT2D eigenvalue weighted by molar-refractivity contribution is 6.94. The van der Waals surface area contributed by atoms with E-state index in [1.807, 2.05) is 12.1 Å². The minimum Gasteiger partial charge on any atom is -0.286 e. The first-order valence-corrected chi connectivity index (χ1v) is 14.6. The maximum atomic E-state index is 6.37. The Bertz CT molecular complexity index is 1580. The van der Waals surface area contributed by atoms with E-state index < -0.39 is 8.07 Å². The lowest BCUT2D eigenvalue weighted by atomic mass is 9.94. The lowest BCUT2D eigenvalue weighted by molar-refractivity contribution is -0.400. The van der Waals surface area contributed by atoms with E-state index in [-0.39, 0.29) is 0 Å². The van der Waals surface area contributed by atoms with Crippen LogP contribution in [0.25, 0.3) is 37.9 Å². The van der Waals surface area contributed by atoms with Gasteiger partial charge in [0.1, 0.15) is 0 Å². The smallest absolute Gasteiger partial charge is 0.278 e. The highest BCUT2D eigenvalue weighted by Crippen LogP contribution is 2.46. The van der Waals surface area contributed by atoms with E-state index in [2.05, 4.69) is 104 Å². The van der Waals surface area contributed by atoms with Gasteiger partial charge < -0.3 is 0 Å². The molecule has 2 nitrogen and oxygen atoms in total. The first-order valence-electron chi connectivity index (χ1n) is 11.1. The number of rotatable bonds is 2. The number of hydrogen-bond donors (Lipinski definition) is 0. The zero-order chi connectivity index (χ0) is 22.0. The molecule has 0 atom stereocenters. The van der Waals surface area contributed by atoms with Crippen molar-refractivity contribution in [3.63, 3.8) is 0 Å². The van der Waals surface area contributed by atoms with Crippen LogP contribution in [0.1, 0.15) is 11.1 Å². The minimum atomic E-state index is -1.67. The van der Waals surface area contributed by atoms with Gasteiger partial charge in [0, 0.05) is 8.07 Å². The summed E-state index contributed by atoms with van der Waals surface area (Å²) in [6.45, 7) is 11.8. The van der Waals surface area contributed by atoms with E-state index in [4.69, 9.17) is 4.42 Å². The maximum Gasteiger partial charge on any atom is 0.278 e. The zero-order valence-corrected chi connectivity index (χ0v) is 19.6. The second-order valence-electron chi connectivity index (χ2n) is 9.58. The maximum absolute atomic E-state index is 6.37. The molecule has 0 aliphatic carbocycles. The lowest BCUT2D eigenvalue weighted by Crippen LogP contribution is -2.29. The highest BCUT2D eigenvalue weighted by atomic mass is 28.3. The second kappa shape index (κ2) is 6.72. The molecule has 32 heavy (non-hydrogen) atoms. The SMILES string of the molecule is C=[N+]1c2ccc3ccccc3c2C([Si](C)(C)C)=C[C-]1c1cccc2c1[o+][c-]1ccccc21. The van der Waals surface area contributed by atoms with Crippen LogP contribution in [0.4, 0.5) is 5.69 Å². The van der Waals surface area contributed by atoms with Crippen LogP contribution in [-0.2, 0) is 0 Å². The number of nitrogens with zero attached hydrogens (tertiary/aromatic N) is 1. The van der Waals surface area contributed by atoms with Crippen LogP contribution in [0.5, 0.6) is 0 Å². The van der Waals surface area contributed by atoms with Crippen molar-refractivity contribution in [2.24, 2.45) is 0 Å². The third kappa shape index (κ3) is 2.71. The number of fused-ring (bicyclic) bond motifs is 6. The van der Waals surface area contributed by atoms with Gasteiger partial charge in [-0.15, -0.1) is 18.2 Å². The summed E-state index contributed by atoms with van der Waals surface area (Å²) in [5, 5.41) is 6.32. The molecule has 0 amide bonds. The third-order valence-electron chi connectivity index (χ3n) is 6.53. The molecule has 0 fully saturated rings. The second-order valence-corrected chi connectivity index (χ2v) is 14.6. The summed E-state index contributed by atoms with van der Waals surface area (Å²) in [5.41, 5.74) is 5.42.